The molecule has 1 aliphatic heterocycles. The number of thioether (sulfide) groups is 1. The van der Waals surface area contributed by atoms with Gasteiger partial charge in [0.1, 0.15) is 24.2 Å². The second-order valence-electron chi connectivity index (χ2n) is 10.9. The highest BCUT2D eigenvalue weighted by molar-refractivity contribution is 7.98. The summed E-state index contributed by atoms with van der Waals surface area (Å²) in [6, 6.07) is 24.7. The van der Waals surface area contributed by atoms with Gasteiger partial charge in [0.25, 0.3) is 5.91 Å². The van der Waals surface area contributed by atoms with Crippen LogP contribution >= 0.6 is 35.0 Å². The first-order valence-corrected chi connectivity index (χ1v) is 16.3. The van der Waals surface area contributed by atoms with E-state index in [1.807, 2.05) is 63.2 Å². The molecule has 4 aromatic carbocycles. The van der Waals surface area contributed by atoms with E-state index in [1.54, 1.807) is 41.1 Å². The molecule has 0 radical (unpaired) electrons. The van der Waals surface area contributed by atoms with Gasteiger partial charge in [-0.2, -0.15) is 4.98 Å². The summed E-state index contributed by atoms with van der Waals surface area (Å²) < 4.78 is 22.0. The molecule has 6 rings (SSSR count). The van der Waals surface area contributed by atoms with Crippen molar-refractivity contribution in [3.05, 3.63) is 140 Å². The fourth-order valence-corrected chi connectivity index (χ4v) is 6.59. The van der Waals surface area contributed by atoms with Gasteiger partial charge in [-0.15, -0.1) is 5.10 Å². The van der Waals surface area contributed by atoms with Crippen LogP contribution in [-0.2, 0) is 17.2 Å². The van der Waals surface area contributed by atoms with Gasteiger partial charge in [-0.05, 0) is 73.9 Å². The summed E-state index contributed by atoms with van der Waals surface area (Å²) in [4.78, 5) is 18.7. The number of ether oxygens (including phenoxy) is 1. The predicted octanol–water partition coefficient (Wildman–Crippen LogP) is 9.14. The van der Waals surface area contributed by atoms with E-state index >= 15 is 0 Å². The van der Waals surface area contributed by atoms with E-state index in [1.165, 1.54) is 17.8 Å². The van der Waals surface area contributed by atoms with Crippen LogP contribution in [0.4, 0.5) is 16.0 Å². The molecule has 1 aromatic heterocycles. The van der Waals surface area contributed by atoms with Crippen molar-refractivity contribution >= 4 is 52.5 Å². The van der Waals surface area contributed by atoms with Crippen LogP contribution in [0.3, 0.4) is 0 Å². The number of amides is 1. The molecule has 0 spiro atoms. The number of fused-ring (bicyclic) bond motifs is 1. The van der Waals surface area contributed by atoms with Crippen molar-refractivity contribution in [2.75, 3.05) is 10.6 Å². The maximum absolute atomic E-state index is 14.3. The number of nitrogens with zero attached hydrogens (tertiary/aromatic N) is 3. The van der Waals surface area contributed by atoms with Gasteiger partial charge in [0.05, 0.1) is 5.57 Å². The summed E-state index contributed by atoms with van der Waals surface area (Å²) in [7, 11) is 0. The number of hydrogen-bond acceptors (Lipinski definition) is 6. The number of anilines is 2. The van der Waals surface area contributed by atoms with Crippen LogP contribution in [-0.4, -0.2) is 20.7 Å². The third-order valence-corrected chi connectivity index (χ3v) is 9.26. The largest absolute Gasteiger partial charge is 0.489 e. The van der Waals surface area contributed by atoms with Crippen LogP contribution in [0.2, 0.25) is 10.0 Å². The fourth-order valence-electron chi connectivity index (χ4n) is 5.27. The zero-order valence-corrected chi connectivity index (χ0v) is 27.6. The van der Waals surface area contributed by atoms with Gasteiger partial charge < -0.3 is 15.4 Å². The standard InChI is InChI=1S/C35H30Cl2FN5O2S/c1-20-11-16-30(21(2)17-20)40-33(44)31-22(3)39-34-41-35(46-19-24-7-4-5-10-29(24)38)42-43(34)32(31)23-12-14-25(15-13-23)45-18-26-27(36)8-6-9-28(26)37/h4-17,32H,18-19H2,1-3H3,(H,40,44)(H,39,41,42). The summed E-state index contributed by atoms with van der Waals surface area (Å²) >= 11 is 14.0. The van der Waals surface area contributed by atoms with Crippen LogP contribution < -0.4 is 15.4 Å². The zero-order chi connectivity index (χ0) is 32.4. The van der Waals surface area contributed by atoms with E-state index in [9.17, 15) is 9.18 Å². The number of aromatic nitrogens is 3. The number of halogens is 3. The molecular formula is C35H30Cl2FN5O2S. The molecule has 1 aliphatic rings. The molecule has 1 atom stereocenters. The molecule has 0 saturated carbocycles. The summed E-state index contributed by atoms with van der Waals surface area (Å²) in [5.74, 6) is 0.898. The molecule has 2 N–H and O–H groups in total. The molecule has 0 bridgehead atoms. The van der Waals surface area contributed by atoms with Crippen molar-refractivity contribution in [1.29, 1.82) is 0 Å². The van der Waals surface area contributed by atoms with Gasteiger partial charge in [-0.3, -0.25) is 4.79 Å². The van der Waals surface area contributed by atoms with E-state index in [0.29, 0.717) is 55.0 Å². The lowest BCUT2D eigenvalue weighted by Crippen LogP contribution is -2.31. The minimum Gasteiger partial charge on any atom is -0.489 e. The molecule has 2 heterocycles. The van der Waals surface area contributed by atoms with Gasteiger partial charge in [0.15, 0.2) is 0 Å². The summed E-state index contributed by atoms with van der Waals surface area (Å²) in [5.41, 5.74) is 5.97. The van der Waals surface area contributed by atoms with E-state index in [4.69, 9.17) is 33.0 Å². The van der Waals surface area contributed by atoms with Crippen molar-refractivity contribution < 1.29 is 13.9 Å². The number of nitrogens with one attached hydrogen (secondary N) is 2. The Bertz CT molecular complexity index is 1940. The van der Waals surface area contributed by atoms with E-state index < -0.39 is 6.04 Å². The maximum atomic E-state index is 14.3. The second-order valence-corrected chi connectivity index (χ2v) is 12.7. The van der Waals surface area contributed by atoms with Crippen LogP contribution in [0.1, 0.15) is 40.8 Å². The molecular weight excluding hydrogens is 644 g/mol. The monoisotopic (exact) mass is 673 g/mol. The lowest BCUT2D eigenvalue weighted by atomic mass is 9.94. The van der Waals surface area contributed by atoms with Crippen LogP contribution in [0.15, 0.2) is 101 Å². The average molecular weight is 675 g/mol. The van der Waals surface area contributed by atoms with Crippen molar-refractivity contribution in [3.8, 4) is 5.75 Å². The Hall–Kier alpha value is -4.31. The summed E-state index contributed by atoms with van der Waals surface area (Å²) in [6.45, 7) is 6.02. The molecule has 46 heavy (non-hydrogen) atoms. The van der Waals surface area contributed by atoms with Gasteiger partial charge in [0, 0.05) is 32.7 Å². The Kier molecular flexibility index (Phi) is 9.35. The highest BCUT2D eigenvalue weighted by Gasteiger charge is 2.34. The number of benzene rings is 4. The first-order chi connectivity index (χ1) is 22.2. The third-order valence-electron chi connectivity index (χ3n) is 7.66. The van der Waals surface area contributed by atoms with E-state index in [2.05, 4.69) is 15.6 Å². The Morgan fingerprint density at radius 1 is 1.00 bits per heavy atom. The molecule has 234 valence electrons. The Labute approximate surface area is 280 Å². The van der Waals surface area contributed by atoms with Crippen LogP contribution in [0, 0.1) is 19.7 Å². The average Bonchev–Trinajstić information content (AvgIpc) is 3.43. The SMILES string of the molecule is CC1=C(C(=O)Nc2ccc(C)cc2C)C(c2ccc(OCc3c(Cl)cccc3Cl)cc2)n2nc(SCc3ccccc3F)nc2N1. The Morgan fingerprint density at radius 3 is 2.46 bits per heavy atom. The lowest BCUT2D eigenvalue weighted by molar-refractivity contribution is -0.113. The quantitative estimate of drug-likeness (QED) is 0.152. The van der Waals surface area contributed by atoms with E-state index in [-0.39, 0.29) is 18.3 Å². The van der Waals surface area contributed by atoms with Crippen molar-refractivity contribution in [2.24, 2.45) is 0 Å². The molecule has 0 fully saturated rings. The van der Waals surface area contributed by atoms with Gasteiger partial charge in [-0.1, -0.05) is 89.1 Å². The number of rotatable bonds is 9. The molecule has 7 nitrogen and oxygen atoms in total. The Morgan fingerprint density at radius 2 is 1.74 bits per heavy atom. The lowest BCUT2D eigenvalue weighted by Gasteiger charge is -2.29. The minimum absolute atomic E-state index is 0.198. The van der Waals surface area contributed by atoms with Crippen LogP contribution in [0.25, 0.3) is 0 Å². The fraction of sp³-hybridized carbons (Fsp3) is 0.171. The zero-order valence-electron chi connectivity index (χ0n) is 25.3. The first-order valence-electron chi connectivity index (χ1n) is 14.5. The number of carbonyl (C=O) groups is 1. The van der Waals surface area contributed by atoms with Gasteiger partial charge in [-0.25, -0.2) is 9.07 Å². The maximum Gasteiger partial charge on any atom is 0.255 e. The topological polar surface area (TPSA) is 81.1 Å². The number of hydrogen-bond donors (Lipinski definition) is 2. The van der Waals surface area contributed by atoms with Gasteiger partial charge in [0.2, 0.25) is 11.1 Å². The van der Waals surface area contributed by atoms with Crippen molar-refractivity contribution in [1.82, 2.24) is 14.8 Å². The second kappa shape index (κ2) is 13.6. The number of aryl methyl sites for hydroxylation is 2. The van der Waals surface area contributed by atoms with Crippen molar-refractivity contribution in [2.45, 2.75) is 44.3 Å². The number of allylic oxidation sites excluding steroid dienone is 1. The van der Waals surface area contributed by atoms with Gasteiger partial charge >= 0.3 is 0 Å². The minimum atomic E-state index is -0.607. The predicted molar refractivity (Wildman–Crippen MR) is 182 cm³/mol. The summed E-state index contributed by atoms with van der Waals surface area (Å²) in [6.07, 6.45) is 0. The Balaban J connectivity index is 1.31. The van der Waals surface area contributed by atoms with Crippen LogP contribution in [0.5, 0.6) is 5.75 Å². The third kappa shape index (κ3) is 6.77. The highest BCUT2D eigenvalue weighted by Crippen LogP contribution is 2.38. The molecule has 1 unspecified atom stereocenters. The smallest absolute Gasteiger partial charge is 0.255 e. The van der Waals surface area contributed by atoms with Crippen molar-refractivity contribution in [3.63, 3.8) is 0 Å². The number of carbonyl (C=O) groups excluding carboxylic acids is 1. The highest BCUT2D eigenvalue weighted by atomic mass is 35.5. The molecule has 5 aromatic rings. The molecule has 11 heteroatoms. The van der Waals surface area contributed by atoms with E-state index in [0.717, 1.165) is 22.4 Å². The molecule has 0 aliphatic carbocycles. The molecule has 1 amide bonds. The first kappa shape index (κ1) is 31.7. The summed E-state index contributed by atoms with van der Waals surface area (Å²) in [5, 5.41) is 12.7. The molecule has 0 saturated heterocycles. The normalized spacial score (nSPS) is 14.1.